The predicted octanol–water partition coefficient (Wildman–Crippen LogP) is 0.322. The van der Waals surface area contributed by atoms with E-state index < -0.39 is 0 Å². The van der Waals surface area contributed by atoms with Crippen LogP contribution in [0.5, 0.6) is 0 Å². The van der Waals surface area contributed by atoms with Crippen molar-refractivity contribution in [3.63, 3.8) is 0 Å². The van der Waals surface area contributed by atoms with Crippen LogP contribution >= 0.6 is 0 Å². The average molecular weight is 153 g/mol. The minimum Gasteiger partial charge on any atom is -0.392 e. The molecular formula is C9H15NO. The summed E-state index contributed by atoms with van der Waals surface area (Å²) in [5.74, 6) is 3.02. The lowest BCUT2D eigenvalue weighted by atomic mass is 9.96. The zero-order chi connectivity index (χ0) is 8.27. The molecule has 1 N–H and O–H groups in total. The Morgan fingerprint density at radius 3 is 3.00 bits per heavy atom. The summed E-state index contributed by atoms with van der Waals surface area (Å²) in [6.07, 6.45) is 6.04. The lowest BCUT2D eigenvalue weighted by Gasteiger charge is -2.32. The van der Waals surface area contributed by atoms with Gasteiger partial charge in [-0.1, -0.05) is 12.8 Å². The first-order chi connectivity index (χ1) is 5.24. The molecule has 2 nitrogen and oxygen atoms in total. The van der Waals surface area contributed by atoms with Gasteiger partial charge in [-0.25, -0.2) is 0 Å². The van der Waals surface area contributed by atoms with Crippen LogP contribution in [0.2, 0.25) is 0 Å². The van der Waals surface area contributed by atoms with E-state index in [0.29, 0.717) is 12.5 Å². The summed E-state index contributed by atoms with van der Waals surface area (Å²) < 4.78 is 0. The Morgan fingerprint density at radius 1 is 1.73 bits per heavy atom. The number of aliphatic hydroxyl groups excluding tert-OH is 1. The van der Waals surface area contributed by atoms with Gasteiger partial charge >= 0.3 is 0 Å². The summed E-state index contributed by atoms with van der Waals surface area (Å²) in [5, 5.41) is 9.46. The van der Waals surface area contributed by atoms with Gasteiger partial charge in [0, 0.05) is 6.54 Å². The molecule has 0 amide bonds. The van der Waals surface area contributed by atoms with Crippen LogP contribution in [0.15, 0.2) is 0 Å². The third-order valence-corrected chi connectivity index (χ3v) is 2.32. The van der Waals surface area contributed by atoms with Crippen LogP contribution < -0.4 is 0 Å². The minimum absolute atomic E-state index is 0.183. The fraction of sp³-hybridized carbons (Fsp3) is 0.778. The van der Waals surface area contributed by atoms with Crippen LogP contribution in [-0.2, 0) is 0 Å². The first-order valence-corrected chi connectivity index (χ1v) is 4.08. The van der Waals surface area contributed by atoms with Crippen molar-refractivity contribution in [3.8, 4) is 12.3 Å². The minimum atomic E-state index is -0.183. The van der Waals surface area contributed by atoms with Crippen molar-refractivity contribution in [1.29, 1.82) is 0 Å². The van der Waals surface area contributed by atoms with Gasteiger partial charge in [0.05, 0.1) is 12.6 Å². The van der Waals surface area contributed by atoms with Crippen molar-refractivity contribution in [1.82, 2.24) is 4.90 Å². The molecular weight excluding hydrogens is 138 g/mol. The Labute approximate surface area is 68.2 Å². The molecule has 1 aliphatic heterocycles. The van der Waals surface area contributed by atoms with E-state index in [9.17, 15) is 5.11 Å². The number of rotatable bonds is 1. The molecule has 62 valence electrons. The van der Waals surface area contributed by atoms with Gasteiger partial charge in [0.1, 0.15) is 0 Å². The average Bonchev–Trinajstić information content (AvgIpc) is 1.98. The summed E-state index contributed by atoms with van der Waals surface area (Å²) in [4.78, 5) is 2.12. The zero-order valence-electron chi connectivity index (χ0n) is 6.95. The van der Waals surface area contributed by atoms with E-state index in [4.69, 9.17) is 6.42 Å². The number of nitrogens with zero attached hydrogens (tertiary/aromatic N) is 1. The molecule has 2 atom stereocenters. The Morgan fingerprint density at radius 2 is 2.45 bits per heavy atom. The highest BCUT2D eigenvalue weighted by Crippen LogP contribution is 2.15. The second-order valence-electron chi connectivity index (χ2n) is 3.27. The van der Waals surface area contributed by atoms with E-state index in [2.05, 4.69) is 17.7 Å². The van der Waals surface area contributed by atoms with E-state index in [1.165, 1.54) is 0 Å². The van der Waals surface area contributed by atoms with Crippen molar-refractivity contribution < 1.29 is 5.11 Å². The number of aliphatic hydroxyl groups is 1. The highest BCUT2D eigenvalue weighted by molar-refractivity contribution is 4.90. The molecule has 2 heteroatoms. The molecule has 0 aromatic rings. The second kappa shape index (κ2) is 3.75. The van der Waals surface area contributed by atoms with Crippen LogP contribution in [0.25, 0.3) is 0 Å². The third kappa shape index (κ3) is 2.21. The quantitative estimate of drug-likeness (QED) is 0.548. The topological polar surface area (TPSA) is 23.5 Å². The van der Waals surface area contributed by atoms with Crippen LogP contribution in [0.1, 0.15) is 13.3 Å². The zero-order valence-corrected chi connectivity index (χ0v) is 6.95. The molecule has 0 bridgehead atoms. The molecule has 0 aromatic heterocycles. The second-order valence-corrected chi connectivity index (χ2v) is 3.27. The standard InChI is InChI=1S/C9H15NO/c1-3-5-10-6-4-8(2)9(11)7-10/h1,8-9,11H,4-7H2,2H3. The molecule has 0 spiro atoms. The third-order valence-electron chi connectivity index (χ3n) is 2.32. The molecule has 1 fully saturated rings. The molecule has 0 radical (unpaired) electrons. The van der Waals surface area contributed by atoms with Crippen molar-refractivity contribution >= 4 is 0 Å². The van der Waals surface area contributed by atoms with E-state index in [1.807, 2.05) is 0 Å². The maximum Gasteiger partial charge on any atom is 0.0693 e. The molecule has 1 saturated heterocycles. The Kier molecular flexibility index (Phi) is 2.92. The first kappa shape index (κ1) is 8.58. The lowest BCUT2D eigenvalue weighted by molar-refractivity contribution is 0.0351. The number of terminal acetylenes is 1. The normalized spacial score (nSPS) is 33.2. The summed E-state index contributed by atoms with van der Waals surface area (Å²) in [7, 11) is 0. The maximum absolute atomic E-state index is 9.46. The fourth-order valence-corrected chi connectivity index (χ4v) is 1.39. The summed E-state index contributed by atoms with van der Waals surface area (Å²) >= 11 is 0. The Hall–Kier alpha value is -0.520. The number of hydrogen-bond donors (Lipinski definition) is 1. The van der Waals surface area contributed by atoms with Crippen LogP contribution in [0, 0.1) is 18.3 Å². The summed E-state index contributed by atoms with van der Waals surface area (Å²) in [6.45, 7) is 4.52. The van der Waals surface area contributed by atoms with Gasteiger partial charge in [-0.3, -0.25) is 4.90 Å². The van der Waals surface area contributed by atoms with Gasteiger partial charge in [-0.15, -0.1) is 6.42 Å². The highest BCUT2D eigenvalue weighted by Gasteiger charge is 2.23. The molecule has 0 aromatic carbocycles. The van der Waals surface area contributed by atoms with Gasteiger partial charge in [-0.05, 0) is 18.9 Å². The van der Waals surface area contributed by atoms with Crippen molar-refractivity contribution in [3.05, 3.63) is 0 Å². The molecule has 11 heavy (non-hydrogen) atoms. The molecule has 1 heterocycles. The van der Waals surface area contributed by atoms with Gasteiger partial charge in [-0.2, -0.15) is 0 Å². The van der Waals surface area contributed by atoms with Gasteiger partial charge in [0.15, 0.2) is 0 Å². The monoisotopic (exact) mass is 153 g/mol. The highest BCUT2D eigenvalue weighted by atomic mass is 16.3. The van der Waals surface area contributed by atoms with Crippen molar-refractivity contribution in [2.45, 2.75) is 19.4 Å². The largest absolute Gasteiger partial charge is 0.392 e. The molecule has 1 aliphatic rings. The smallest absolute Gasteiger partial charge is 0.0693 e. The number of piperidine rings is 1. The van der Waals surface area contributed by atoms with Gasteiger partial charge in [0.25, 0.3) is 0 Å². The van der Waals surface area contributed by atoms with Crippen LogP contribution in [0.3, 0.4) is 0 Å². The van der Waals surface area contributed by atoms with E-state index in [-0.39, 0.29) is 6.10 Å². The SMILES string of the molecule is C#CCN1CCC(C)C(O)C1. The number of β-amino-alcohol motifs (C(OH)–C–C–N with tert-alkyl or cyclic N) is 1. The van der Waals surface area contributed by atoms with E-state index in [1.54, 1.807) is 0 Å². The maximum atomic E-state index is 9.46. The van der Waals surface area contributed by atoms with Crippen molar-refractivity contribution in [2.75, 3.05) is 19.6 Å². The molecule has 0 saturated carbocycles. The van der Waals surface area contributed by atoms with Crippen molar-refractivity contribution in [2.24, 2.45) is 5.92 Å². The number of likely N-dealkylation sites (tertiary alicyclic amines) is 1. The fourth-order valence-electron chi connectivity index (χ4n) is 1.39. The lowest BCUT2D eigenvalue weighted by Crippen LogP contribution is -2.42. The van der Waals surface area contributed by atoms with Gasteiger partial charge in [0.2, 0.25) is 0 Å². The molecule has 1 rings (SSSR count). The van der Waals surface area contributed by atoms with E-state index >= 15 is 0 Å². The Balaban J connectivity index is 2.35. The Bertz CT molecular complexity index is 161. The molecule has 2 unspecified atom stereocenters. The summed E-state index contributed by atoms with van der Waals surface area (Å²) in [5.41, 5.74) is 0. The summed E-state index contributed by atoms with van der Waals surface area (Å²) in [6, 6.07) is 0. The van der Waals surface area contributed by atoms with Crippen LogP contribution in [0.4, 0.5) is 0 Å². The van der Waals surface area contributed by atoms with Gasteiger partial charge < -0.3 is 5.11 Å². The van der Waals surface area contributed by atoms with E-state index in [0.717, 1.165) is 19.5 Å². The van der Waals surface area contributed by atoms with Crippen LogP contribution in [-0.4, -0.2) is 35.7 Å². The number of hydrogen-bond acceptors (Lipinski definition) is 2. The predicted molar refractivity (Wildman–Crippen MR) is 45.1 cm³/mol. The first-order valence-electron chi connectivity index (χ1n) is 4.08. The molecule has 0 aliphatic carbocycles.